The van der Waals surface area contributed by atoms with Gasteiger partial charge in [0.05, 0.1) is 15.4 Å². The molecule has 2 aliphatic heterocycles. The summed E-state index contributed by atoms with van der Waals surface area (Å²) >= 11 is 6.22. The summed E-state index contributed by atoms with van der Waals surface area (Å²) in [7, 11) is -4.53. The van der Waals surface area contributed by atoms with Crippen LogP contribution in [0.2, 0.25) is 5.02 Å². The molecule has 4 aromatic carbocycles. The van der Waals surface area contributed by atoms with Gasteiger partial charge in [-0.05, 0) is 130 Å². The highest BCUT2D eigenvalue weighted by atomic mass is 35.5. The lowest BCUT2D eigenvalue weighted by Gasteiger charge is -2.37. The third kappa shape index (κ3) is 10.2. The van der Waals surface area contributed by atoms with Crippen LogP contribution in [0, 0.1) is 10.1 Å². The molecule has 320 valence electrons. The molecule has 1 aromatic heterocycles. The number of nitrogens with zero attached hydrogens (tertiary/aromatic N) is 4. The molecule has 1 amide bonds. The fraction of sp³-hybridized carbons (Fsp3) is 0.370. The lowest BCUT2D eigenvalue weighted by molar-refractivity contribution is -0.384. The molecule has 0 saturated carbocycles. The Kier molecular flexibility index (Phi) is 13.2. The van der Waals surface area contributed by atoms with E-state index in [2.05, 4.69) is 41.9 Å². The van der Waals surface area contributed by atoms with Gasteiger partial charge in [0.25, 0.3) is 21.6 Å². The number of nitrogens with one attached hydrogen (secondary N) is 3. The van der Waals surface area contributed by atoms with Crippen LogP contribution in [0.1, 0.15) is 67.3 Å². The van der Waals surface area contributed by atoms with Gasteiger partial charge in [0, 0.05) is 79.2 Å². The number of carbonyl (C=O) groups excluding carboxylic acids is 1. The van der Waals surface area contributed by atoms with Gasteiger partial charge in [0.15, 0.2) is 0 Å². The number of rotatable bonds is 15. The summed E-state index contributed by atoms with van der Waals surface area (Å²) in [6.07, 6.45) is 10.7. The number of anilines is 2. The summed E-state index contributed by atoms with van der Waals surface area (Å²) in [6, 6.07) is 24.4. The summed E-state index contributed by atoms with van der Waals surface area (Å²) in [5.41, 5.74) is 5.70. The Morgan fingerprint density at radius 1 is 0.836 bits per heavy atom. The van der Waals surface area contributed by atoms with Crippen molar-refractivity contribution in [3.63, 3.8) is 0 Å². The summed E-state index contributed by atoms with van der Waals surface area (Å²) in [5, 5.41) is 16.7. The molecule has 3 heterocycles. The van der Waals surface area contributed by atoms with E-state index in [1.807, 2.05) is 36.4 Å². The Bertz CT molecular complexity index is 2510. The van der Waals surface area contributed by atoms with Gasteiger partial charge in [-0.15, -0.1) is 0 Å². The van der Waals surface area contributed by atoms with E-state index in [0.29, 0.717) is 12.3 Å². The number of nitro groups is 1. The number of hydrogen-bond donors (Lipinski definition) is 3. The zero-order chi connectivity index (χ0) is 42.3. The van der Waals surface area contributed by atoms with Crippen LogP contribution in [0.3, 0.4) is 0 Å². The molecule has 2 saturated heterocycles. The number of piperazine rings is 1. The Hall–Kier alpha value is -5.41. The van der Waals surface area contributed by atoms with E-state index >= 15 is 0 Å². The second-order valence-corrected chi connectivity index (χ2v) is 18.2. The molecule has 5 aromatic rings. The van der Waals surface area contributed by atoms with E-state index in [-0.39, 0.29) is 17.0 Å². The molecule has 0 unspecified atom stereocenters. The van der Waals surface area contributed by atoms with Crippen LogP contribution < -0.4 is 19.7 Å². The van der Waals surface area contributed by atoms with Crippen molar-refractivity contribution in [2.24, 2.45) is 0 Å². The Balaban J connectivity index is 0.992. The third-order valence-corrected chi connectivity index (χ3v) is 13.6. The van der Waals surface area contributed by atoms with Crippen LogP contribution in [0.5, 0.6) is 11.5 Å². The van der Waals surface area contributed by atoms with Crippen LogP contribution >= 0.6 is 11.6 Å². The zero-order valence-corrected chi connectivity index (χ0v) is 35.8. The number of fused-ring (bicyclic) bond motifs is 1. The number of carbonyl (C=O) groups is 1. The molecule has 0 radical (unpaired) electrons. The van der Waals surface area contributed by atoms with Crippen molar-refractivity contribution in [2.45, 2.75) is 56.3 Å². The summed E-state index contributed by atoms with van der Waals surface area (Å²) in [5.74, 6) is -0.255. The number of amides is 1. The van der Waals surface area contributed by atoms with Crippen molar-refractivity contribution in [3.8, 4) is 11.5 Å². The monoisotopic (exact) mass is 865 g/mol. The average Bonchev–Trinajstić information content (AvgIpc) is 3.92. The van der Waals surface area contributed by atoms with Gasteiger partial charge in [-0.1, -0.05) is 41.8 Å². The minimum atomic E-state index is -4.53. The fourth-order valence-electron chi connectivity index (χ4n) is 8.74. The van der Waals surface area contributed by atoms with Crippen LogP contribution in [0.4, 0.5) is 17.1 Å². The van der Waals surface area contributed by atoms with Gasteiger partial charge in [-0.2, -0.15) is 0 Å². The highest BCUT2D eigenvalue weighted by molar-refractivity contribution is 7.90. The molecular formula is C46H52ClN7O6S. The fourth-order valence-corrected chi connectivity index (χ4v) is 9.86. The van der Waals surface area contributed by atoms with Crippen LogP contribution in [-0.2, 0) is 10.0 Å². The number of aromatic amines is 1. The van der Waals surface area contributed by atoms with E-state index in [1.54, 1.807) is 24.4 Å². The maximum Gasteiger partial charge on any atom is 0.293 e. The minimum Gasteiger partial charge on any atom is -0.456 e. The maximum atomic E-state index is 14.0. The first-order chi connectivity index (χ1) is 29.6. The highest BCUT2D eigenvalue weighted by Gasteiger charge is 2.27. The predicted octanol–water partition coefficient (Wildman–Crippen LogP) is 9.08. The Labute approximate surface area is 361 Å². The average molecular weight is 866 g/mol. The predicted molar refractivity (Wildman–Crippen MR) is 241 cm³/mol. The van der Waals surface area contributed by atoms with Crippen molar-refractivity contribution in [3.05, 3.63) is 123 Å². The number of nitro benzene ring substituents is 1. The van der Waals surface area contributed by atoms with Crippen molar-refractivity contribution in [2.75, 3.05) is 69.1 Å². The minimum absolute atomic E-state index is 0.000631. The molecule has 0 atom stereocenters. The molecule has 3 aliphatic rings. The number of aromatic nitrogens is 1. The van der Waals surface area contributed by atoms with E-state index in [1.165, 1.54) is 60.9 Å². The van der Waals surface area contributed by atoms with Gasteiger partial charge >= 0.3 is 0 Å². The topological polar surface area (TPSA) is 153 Å². The van der Waals surface area contributed by atoms with E-state index in [4.69, 9.17) is 16.3 Å². The van der Waals surface area contributed by atoms with Crippen molar-refractivity contribution in [1.29, 1.82) is 0 Å². The summed E-state index contributed by atoms with van der Waals surface area (Å²) < 4.78 is 36.0. The molecule has 0 bridgehead atoms. The second-order valence-electron chi connectivity index (χ2n) is 16.1. The zero-order valence-electron chi connectivity index (χ0n) is 34.2. The molecule has 61 heavy (non-hydrogen) atoms. The number of H-pyrrole nitrogens is 1. The lowest BCUT2D eigenvalue weighted by Crippen LogP contribution is -2.47. The van der Waals surface area contributed by atoms with Gasteiger partial charge in [0.1, 0.15) is 17.2 Å². The van der Waals surface area contributed by atoms with Gasteiger partial charge in [-0.3, -0.25) is 19.8 Å². The second kappa shape index (κ2) is 19.1. The van der Waals surface area contributed by atoms with Gasteiger partial charge in [-0.25, -0.2) is 13.1 Å². The number of benzene rings is 4. The number of sulfonamides is 1. The molecule has 2 fully saturated rings. The van der Waals surface area contributed by atoms with E-state index < -0.39 is 31.4 Å². The largest absolute Gasteiger partial charge is 0.456 e. The SMILES string of the molecule is O=C(NS(=O)(=O)c1ccc(NCCCN2CCCC2)c([N+](=O)[O-])c1)c1ccc(N2CCN(CC3=C(c4ccc(Cl)cc4)CCCCC3)CC2)cc1Oc1cccc2[nH]ccc12. The Morgan fingerprint density at radius 3 is 2.41 bits per heavy atom. The van der Waals surface area contributed by atoms with Crippen LogP contribution in [0.15, 0.2) is 102 Å². The first kappa shape index (κ1) is 42.3. The molecule has 1 aliphatic carbocycles. The van der Waals surface area contributed by atoms with Gasteiger partial charge < -0.3 is 24.8 Å². The van der Waals surface area contributed by atoms with Crippen molar-refractivity contribution < 1.29 is 22.9 Å². The third-order valence-electron chi connectivity index (χ3n) is 12.0. The highest BCUT2D eigenvalue weighted by Crippen LogP contribution is 2.36. The van der Waals surface area contributed by atoms with E-state index in [0.717, 1.165) is 99.3 Å². The smallest absolute Gasteiger partial charge is 0.293 e. The molecular weight excluding hydrogens is 814 g/mol. The molecule has 15 heteroatoms. The van der Waals surface area contributed by atoms with Crippen molar-refractivity contribution >= 4 is 61.1 Å². The summed E-state index contributed by atoms with van der Waals surface area (Å²) in [4.78, 5) is 35.3. The van der Waals surface area contributed by atoms with Gasteiger partial charge in [0.2, 0.25) is 0 Å². The standard InChI is InChI=1S/C46H52ClN7O6S/c47-35-14-12-33(13-15-35)38-9-3-1-2-8-34(38)32-52-26-28-53(29-27-52)36-16-18-40(45(30-36)60-44-11-6-10-41-39(44)20-22-49-41)46(55)50-61(58,59)37-17-19-42(43(31-37)54(56)57)48-21-7-25-51-23-4-5-24-51/h6,10-20,22,30-31,48-49H,1-5,7-9,21,23-29,32H2,(H,50,55). The first-order valence-corrected chi connectivity index (χ1v) is 23.1. The summed E-state index contributed by atoms with van der Waals surface area (Å²) in [6.45, 7) is 7.59. The maximum absolute atomic E-state index is 14.0. The molecule has 8 rings (SSSR count). The molecule has 3 N–H and O–H groups in total. The Morgan fingerprint density at radius 2 is 1.62 bits per heavy atom. The molecule has 13 nitrogen and oxygen atoms in total. The molecule has 0 spiro atoms. The van der Waals surface area contributed by atoms with Crippen molar-refractivity contribution in [1.82, 2.24) is 19.5 Å². The van der Waals surface area contributed by atoms with Crippen LogP contribution in [-0.4, -0.2) is 92.9 Å². The number of halogens is 1. The normalized spacial score (nSPS) is 16.8. The first-order valence-electron chi connectivity index (χ1n) is 21.3. The quantitative estimate of drug-likeness (QED) is 0.0528. The lowest BCUT2D eigenvalue weighted by atomic mass is 9.95. The van der Waals surface area contributed by atoms with E-state index in [9.17, 15) is 23.3 Å². The number of likely N-dealkylation sites (tertiary alicyclic amines) is 1. The number of hydrogen-bond acceptors (Lipinski definition) is 10. The van der Waals surface area contributed by atoms with Crippen LogP contribution in [0.25, 0.3) is 16.5 Å². The number of allylic oxidation sites excluding steroid dienone is 1. The number of ether oxygens (including phenoxy) is 1.